The fraction of sp³-hybridized carbons (Fsp3) is 0.632. The highest BCUT2D eigenvalue weighted by atomic mass is 35.5. The number of morpholine rings is 1. The summed E-state index contributed by atoms with van der Waals surface area (Å²) in [7, 11) is 0. The molecule has 4 rings (SSSR count). The number of carbonyl (C=O) groups excluding carboxylic acids is 1. The molecule has 2 fully saturated rings. The van der Waals surface area contributed by atoms with Crippen LogP contribution in [0.5, 0.6) is 0 Å². The third-order valence-electron chi connectivity index (χ3n) is 5.67. The lowest BCUT2D eigenvalue weighted by atomic mass is 9.99. The van der Waals surface area contributed by atoms with Crippen molar-refractivity contribution in [2.75, 3.05) is 50.9 Å². The summed E-state index contributed by atoms with van der Waals surface area (Å²) < 4.78 is 5.45. The van der Waals surface area contributed by atoms with Crippen LogP contribution in [0.15, 0.2) is 12.1 Å². The van der Waals surface area contributed by atoms with E-state index in [1.54, 1.807) is 0 Å². The molecule has 3 aliphatic rings. The van der Waals surface area contributed by atoms with Crippen molar-refractivity contribution in [3.05, 3.63) is 33.3 Å². The molecule has 0 saturated carbocycles. The lowest BCUT2D eigenvalue weighted by Crippen LogP contribution is -2.54. The van der Waals surface area contributed by atoms with Crippen LogP contribution in [0.1, 0.15) is 23.5 Å². The molecule has 0 spiro atoms. The SMILES string of the molecule is O=C(C1CCc2c1ccc(Cl)c2Cl)N1CCSCC1CN1CCOCC1. The highest BCUT2D eigenvalue weighted by Crippen LogP contribution is 2.41. The number of halogens is 2. The largest absolute Gasteiger partial charge is 0.379 e. The summed E-state index contributed by atoms with van der Waals surface area (Å²) >= 11 is 14.5. The second kappa shape index (κ2) is 8.27. The van der Waals surface area contributed by atoms with Crippen molar-refractivity contribution in [2.45, 2.75) is 24.8 Å². The Labute approximate surface area is 169 Å². The van der Waals surface area contributed by atoms with Crippen LogP contribution < -0.4 is 0 Å². The first kappa shape index (κ1) is 18.9. The molecule has 2 heterocycles. The summed E-state index contributed by atoms with van der Waals surface area (Å²) in [5.41, 5.74) is 2.14. The van der Waals surface area contributed by atoms with Crippen LogP contribution in [0, 0.1) is 0 Å². The second-order valence-corrected chi connectivity index (χ2v) is 9.13. The molecule has 2 aliphatic heterocycles. The number of hydrogen-bond donors (Lipinski definition) is 0. The molecule has 26 heavy (non-hydrogen) atoms. The van der Waals surface area contributed by atoms with Crippen LogP contribution in [-0.4, -0.2) is 72.6 Å². The maximum Gasteiger partial charge on any atom is 0.230 e. The molecule has 1 aromatic carbocycles. The number of benzene rings is 1. The van der Waals surface area contributed by atoms with Crippen LogP contribution in [-0.2, 0) is 16.0 Å². The second-order valence-electron chi connectivity index (χ2n) is 7.19. The average Bonchev–Trinajstić information content (AvgIpc) is 3.10. The van der Waals surface area contributed by atoms with Crippen LogP contribution in [0.2, 0.25) is 10.0 Å². The Balaban J connectivity index is 1.50. The van der Waals surface area contributed by atoms with Gasteiger partial charge in [0.1, 0.15) is 0 Å². The zero-order valence-electron chi connectivity index (χ0n) is 14.8. The fourth-order valence-corrected chi connectivity index (χ4v) is 5.76. The van der Waals surface area contributed by atoms with Crippen molar-refractivity contribution in [2.24, 2.45) is 0 Å². The minimum absolute atomic E-state index is 0.0740. The standard InChI is InChI=1S/C19H24Cl2N2O2S/c20-17-4-3-14-15(18(17)21)1-2-16(14)19(24)23-7-10-26-12-13(23)11-22-5-8-25-9-6-22/h3-4,13,16H,1-2,5-12H2. The summed E-state index contributed by atoms with van der Waals surface area (Å²) in [6.07, 6.45) is 1.67. The molecule has 0 bridgehead atoms. The Kier molecular flexibility index (Phi) is 6.01. The highest BCUT2D eigenvalue weighted by Gasteiger charge is 2.37. The van der Waals surface area contributed by atoms with Gasteiger partial charge in [-0.15, -0.1) is 0 Å². The predicted octanol–water partition coefficient (Wildman–Crippen LogP) is 3.30. The molecule has 1 amide bonds. The van der Waals surface area contributed by atoms with Crippen LogP contribution in [0.25, 0.3) is 0 Å². The van der Waals surface area contributed by atoms with Gasteiger partial charge in [0.2, 0.25) is 5.91 Å². The molecular weight excluding hydrogens is 391 g/mol. The number of carbonyl (C=O) groups is 1. The Bertz CT molecular complexity index is 682. The summed E-state index contributed by atoms with van der Waals surface area (Å²) in [5.74, 6) is 2.23. The van der Waals surface area contributed by atoms with Gasteiger partial charge in [0.15, 0.2) is 0 Å². The van der Waals surface area contributed by atoms with E-state index in [9.17, 15) is 4.79 Å². The van der Waals surface area contributed by atoms with Gasteiger partial charge in [0.25, 0.3) is 0 Å². The third-order valence-corrected chi connectivity index (χ3v) is 7.61. The monoisotopic (exact) mass is 414 g/mol. The number of nitrogens with zero attached hydrogens (tertiary/aromatic N) is 2. The van der Waals surface area contributed by atoms with Gasteiger partial charge < -0.3 is 9.64 Å². The maximum atomic E-state index is 13.4. The summed E-state index contributed by atoms with van der Waals surface area (Å²) in [6.45, 7) is 5.30. The number of rotatable bonds is 3. The third kappa shape index (κ3) is 3.74. The zero-order chi connectivity index (χ0) is 18.1. The Morgan fingerprint density at radius 3 is 2.85 bits per heavy atom. The van der Waals surface area contributed by atoms with Crippen molar-refractivity contribution >= 4 is 40.9 Å². The first-order valence-electron chi connectivity index (χ1n) is 9.30. The predicted molar refractivity (Wildman–Crippen MR) is 108 cm³/mol. The van der Waals surface area contributed by atoms with E-state index < -0.39 is 0 Å². The smallest absolute Gasteiger partial charge is 0.230 e. The summed E-state index contributed by atoms with van der Waals surface area (Å²) in [6, 6.07) is 4.10. The Hall–Kier alpha value is -0.460. The molecule has 2 saturated heterocycles. The molecule has 4 nitrogen and oxygen atoms in total. The van der Waals surface area contributed by atoms with E-state index in [0.717, 1.165) is 74.9 Å². The zero-order valence-corrected chi connectivity index (χ0v) is 17.1. The number of hydrogen-bond acceptors (Lipinski definition) is 4. The van der Waals surface area contributed by atoms with Crippen LogP contribution >= 0.6 is 35.0 Å². The van der Waals surface area contributed by atoms with Crippen molar-refractivity contribution in [3.63, 3.8) is 0 Å². The Morgan fingerprint density at radius 1 is 1.23 bits per heavy atom. The molecule has 0 aromatic heterocycles. The van der Waals surface area contributed by atoms with E-state index in [-0.39, 0.29) is 17.9 Å². The molecule has 7 heteroatoms. The molecule has 1 aliphatic carbocycles. The lowest BCUT2D eigenvalue weighted by Gasteiger charge is -2.40. The lowest BCUT2D eigenvalue weighted by molar-refractivity contribution is -0.135. The normalized spacial score (nSPS) is 26.8. The quantitative estimate of drug-likeness (QED) is 0.759. The first-order chi connectivity index (χ1) is 12.6. The van der Waals surface area contributed by atoms with Crippen LogP contribution in [0.4, 0.5) is 0 Å². The van der Waals surface area contributed by atoms with Crippen LogP contribution in [0.3, 0.4) is 0 Å². The fourth-order valence-electron chi connectivity index (χ4n) is 4.27. The molecule has 0 N–H and O–H groups in total. The van der Waals surface area contributed by atoms with Gasteiger partial charge in [-0.05, 0) is 30.0 Å². The van der Waals surface area contributed by atoms with E-state index >= 15 is 0 Å². The van der Waals surface area contributed by atoms with Gasteiger partial charge >= 0.3 is 0 Å². The van der Waals surface area contributed by atoms with Crippen molar-refractivity contribution in [1.82, 2.24) is 9.80 Å². The van der Waals surface area contributed by atoms with Gasteiger partial charge in [-0.3, -0.25) is 9.69 Å². The molecule has 142 valence electrons. The van der Waals surface area contributed by atoms with Crippen molar-refractivity contribution in [1.29, 1.82) is 0 Å². The van der Waals surface area contributed by atoms with Gasteiger partial charge in [-0.25, -0.2) is 0 Å². The maximum absolute atomic E-state index is 13.4. The van der Waals surface area contributed by atoms with Crippen molar-refractivity contribution in [3.8, 4) is 0 Å². The van der Waals surface area contributed by atoms with E-state index in [1.165, 1.54) is 0 Å². The summed E-state index contributed by atoms with van der Waals surface area (Å²) in [5, 5.41) is 1.21. The number of amides is 1. The average molecular weight is 415 g/mol. The highest BCUT2D eigenvalue weighted by molar-refractivity contribution is 7.99. The van der Waals surface area contributed by atoms with Gasteiger partial charge in [-0.2, -0.15) is 11.8 Å². The minimum atomic E-state index is -0.0740. The van der Waals surface area contributed by atoms with E-state index in [0.29, 0.717) is 10.0 Å². The Morgan fingerprint density at radius 2 is 2.04 bits per heavy atom. The molecular formula is C19H24Cl2N2O2S. The molecule has 2 atom stereocenters. The molecule has 0 radical (unpaired) electrons. The van der Waals surface area contributed by atoms with Gasteiger partial charge in [0, 0.05) is 37.7 Å². The molecule has 2 unspecified atom stereocenters. The minimum Gasteiger partial charge on any atom is -0.379 e. The number of thioether (sulfide) groups is 1. The van der Waals surface area contributed by atoms with E-state index in [2.05, 4.69) is 9.80 Å². The van der Waals surface area contributed by atoms with Gasteiger partial charge in [0.05, 0.1) is 35.2 Å². The topological polar surface area (TPSA) is 32.8 Å². The molecule has 1 aromatic rings. The number of fused-ring (bicyclic) bond motifs is 1. The first-order valence-corrected chi connectivity index (χ1v) is 11.2. The number of ether oxygens (including phenoxy) is 1. The van der Waals surface area contributed by atoms with E-state index in [1.807, 2.05) is 23.9 Å². The van der Waals surface area contributed by atoms with Crippen molar-refractivity contribution < 1.29 is 9.53 Å². The van der Waals surface area contributed by atoms with E-state index in [4.69, 9.17) is 27.9 Å². The summed E-state index contributed by atoms with van der Waals surface area (Å²) in [4.78, 5) is 18.0. The van der Waals surface area contributed by atoms with Gasteiger partial charge in [-0.1, -0.05) is 29.3 Å².